The molecule has 4 N–H and O–H groups in total. The molecule has 0 aliphatic carbocycles. The molecule has 0 radical (unpaired) electrons. The van der Waals surface area contributed by atoms with Crippen LogP contribution in [-0.2, 0) is 0 Å². The Morgan fingerprint density at radius 2 is 1.83 bits per heavy atom. The Balaban J connectivity index is 1.48. The van der Waals surface area contributed by atoms with Crippen LogP contribution in [0.3, 0.4) is 0 Å². The van der Waals surface area contributed by atoms with Gasteiger partial charge in [-0.2, -0.15) is 4.98 Å². The van der Waals surface area contributed by atoms with Crippen molar-refractivity contribution in [2.45, 2.75) is 12.1 Å². The van der Waals surface area contributed by atoms with Gasteiger partial charge in [-0.1, -0.05) is 30.0 Å². The highest BCUT2D eigenvalue weighted by Gasteiger charge is 2.08. The number of ether oxygens (including phenoxy) is 1. The SMILES string of the molecule is CSc1nc(N)cc(Oc2ccc(-c3nnc(Nc4ccccc4C)[nH]3)cc2)n1. The quantitative estimate of drug-likeness (QED) is 0.319. The summed E-state index contributed by atoms with van der Waals surface area (Å²) in [6.45, 7) is 2.03. The van der Waals surface area contributed by atoms with Crippen LogP contribution in [0.5, 0.6) is 11.6 Å². The van der Waals surface area contributed by atoms with Crippen LogP contribution >= 0.6 is 11.8 Å². The van der Waals surface area contributed by atoms with Crippen LogP contribution in [0.15, 0.2) is 59.8 Å². The zero-order chi connectivity index (χ0) is 20.2. The molecule has 0 spiro atoms. The Morgan fingerprint density at radius 3 is 2.59 bits per heavy atom. The molecule has 0 aliphatic rings. The van der Waals surface area contributed by atoms with Gasteiger partial charge in [0.05, 0.1) is 0 Å². The number of nitrogens with one attached hydrogen (secondary N) is 2. The average Bonchev–Trinajstić information content (AvgIpc) is 3.18. The number of aromatic amines is 1. The maximum Gasteiger partial charge on any atom is 0.226 e. The van der Waals surface area contributed by atoms with E-state index >= 15 is 0 Å². The predicted molar refractivity (Wildman–Crippen MR) is 115 cm³/mol. The lowest BCUT2D eigenvalue weighted by molar-refractivity contribution is 0.456. The highest BCUT2D eigenvalue weighted by atomic mass is 32.2. The number of nitrogen functional groups attached to an aromatic ring is 1. The zero-order valence-corrected chi connectivity index (χ0v) is 16.7. The Morgan fingerprint density at radius 1 is 1.03 bits per heavy atom. The molecule has 29 heavy (non-hydrogen) atoms. The van der Waals surface area contributed by atoms with Crippen molar-refractivity contribution >= 4 is 29.2 Å². The number of para-hydroxylation sites is 1. The summed E-state index contributed by atoms with van der Waals surface area (Å²) in [7, 11) is 0. The van der Waals surface area contributed by atoms with Crippen molar-refractivity contribution in [2.75, 3.05) is 17.3 Å². The minimum atomic E-state index is 0.367. The predicted octanol–water partition coefficient (Wildman–Crippen LogP) is 4.41. The number of hydrogen-bond acceptors (Lipinski definition) is 8. The highest BCUT2D eigenvalue weighted by molar-refractivity contribution is 7.98. The fourth-order valence-electron chi connectivity index (χ4n) is 2.65. The summed E-state index contributed by atoms with van der Waals surface area (Å²) in [5, 5.41) is 12.2. The fourth-order valence-corrected chi connectivity index (χ4v) is 3.03. The summed E-state index contributed by atoms with van der Waals surface area (Å²) in [6.07, 6.45) is 1.88. The molecule has 4 rings (SSSR count). The largest absolute Gasteiger partial charge is 0.439 e. The van der Waals surface area contributed by atoms with E-state index in [0.717, 1.165) is 16.8 Å². The van der Waals surface area contributed by atoms with Crippen molar-refractivity contribution in [3.63, 3.8) is 0 Å². The molecule has 0 fully saturated rings. The second kappa shape index (κ2) is 8.19. The van der Waals surface area contributed by atoms with E-state index in [1.165, 1.54) is 11.8 Å². The molecule has 2 aromatic heterocycles. The van der Waals surface area contributed by atoms with Gasteiger partial charge in [0.1, 0.15) is 11.6 Å². The highest BCUT2D eigenvalue weighted by Crippen LogP contribution is 2.26. The van der Waals surface area contributed by atoms with Gasteiger partial charge in [0.25, 0.3) is 0 Å². The molecular formula is C20H19N7OS. The van der Waals surface area contributed by atoms with Crippen LogP contribution in [0.1, 0.15) is 5.56 Å². The topological polar surface area (TPSA) is 115 Å². The molecule has 0 amide bonds. The Bertz CT molecular complexity index is 1130. The van der Waals surface area contributed by atoms with Crippen LogP contribution in [0, 0.1) is 6.92 Å². The first-order valence-corrected chi connectivity index (χ1v) is 10.1. The third-order valence-corrected chi connectivity index (χ3v) is 4.67. The summed E-state index contributed by atoms with van der Waals surface area (Å²) < 4.78 is 5.79. The number of benzene rings is 2. The van der Waals surface area contributed by atoms with E-state index in [1.54, 1.807) is 6.07 Å². The van der Waals surface area contributed by atoms with Crippen molar-refractivity contribution in [1.82, 2.24) is 25.1 Å². The van der Waals surface area contributed by atoms with Crippen LogP contribution in [-0.4, -0.2) is 31.4 Å². The molecule has 0 bridgehead atoms. The van der Waals surface area contributed by atoms with E-state index in [-0.39, 0.29) is 0 Å². The number of rotatable bonds is 6. The molecule has 0 saturated heterocycles. The van der Waals surface area contributed by atoms with E-state index in [9.17, 15) is 0 Å². The van der Waals surface area contributed by atoms with Gasteiger partial charge in [-0.05, 0) is 49.1 Å². The van der Waals surface area contributed by atoms with Gasteiger partial charge >= 0.3 is 0 Å². The molecule has 0 saturated carbocycles. The summed E-state index contributed by atoms with van der Waals surface area (Å²) in [6, 6.07) is 17.0. The van der Waals surface area contributed by atoms with Crippen molar-refractivity contribution in [3.05, 3.63) is 60.2 Å². The Labute approximate surface area is 172 Å². The van der Waals surface area contributed by atoms with Gasteiger partial charge in [-0.15, -0.1) is 10.2 Å². The van der Waals surface area contributed by atoms with Gasteiger partial charge in [-0.3, -0.25) is 0 Å². The van der Waals surface area contributed by atoms with Crippen molar-refractivity contribution < 1.29 is 4.74 Å². The van der Waals surface area contributed by atoms with Gasteiger partial charge < -0.3 is 20.8 Å². The summed E-state index contributed by atoms with van der Waals surface area (Å²) >= 11 is 1.40. The van der Waals surface area contributed by atoms with Crippen molar-refractivity contribution in [1.29, 1.82) is 0 Å². The first-order valence-electron chi connectivity index (χ1n) is 8.83. The molecule has 146 valence electrons. The average molecular weight is 405 g/mol. The molecule has 0 atom stereocenters. The van der Waals surface area contributed by atoms with Crippen molar-refractivity contribution in [3.8, 4) is 23.0 Å². The van der Waals surface area contributed by atoms with E-state index in [4.69, 9.17) is 10.5 Å². The summed E-state index contributed by atoms with van der Waals surface area (Å²) in [5.74, 6) is 2.64. The van der Waals surface area contributed by atoms with Crippen LogP contribution in [0.2, 0.25) is 0 Å². The number of H-pyrrole nitrogens is 1. The number of nitrogens with two attached hydrogens (primary N) is 1. The van der Waals surface area contributed by atoms with Crippen LogP contribution in [0.4, 0.5) is 17.5 Å². The monoisotopic (exact) mass is 405 g/mol. The van der Waals surface area contributed by atoms with Crippen molar-refractivity contribution in [2.24, 2.45) is 0 Å². The van der Waals surface area contributed by atoms with E-state index in [0.29, 0.717) is 34.4 Å². The molecule has 0 aliphatic heterocycles. The number of aryl methyl sites for hydroxylation is 1. The second-order valence-corrected chi connectivity index (χ2v) is 6.98. The summed E-state index contributed by atoms with van der Waals surface area (Å²) in [4.78, 5) is 11.6. The molecule has 9 heteroatoms. The standard InChI is InChI=1S/C20H19N7OS/c1-12-5-3-4-6-15(12)22-19-25-18(26-27-19)13-7-9-14(10-8-13)28-17-11-16(21)23-20(24-17)29-2/h3-11H,1-2H3,(H2,21,23,24)(H2,22,25,26,27). The minimum Gasteiger partial charge on any atom is -0.439 e. The summed E-state index contributed by atoms with van der Waals surface area (Å²) in [5.41, 5.74) is 8.78. The van der Waals surface area contributed by atoms with E-state index < -0.39 is 0 Å². The maximum absolute atomic E-state index is 5.79. The normalized spacial score (nSPS) is 10.7. The Kier molecular flexibility index (Phi) is 5.30. The lowest BCUT2D eigenvalue weighted by atomic mass is 10.2. The molecular weight excluding hydrogens is 386 g/mol. The number of nitrogens with zero attached hydrogens (tertiary/aromatic N) is 4. The molecule has 2 aromatic carbocycles. The van der Waals surface area contributed by atoms with E-state index in [1.807, 2.05) is 61.7 Å². The fraction of sp³-hybridized carbons (Fsp3) is 0.100. The molecule has 4 aromatic rings. The zero-order valence-electron chi connectivity index (χ0n) is 15.9. The lowest BCUT2D eigenvalue weighted by Crippen LogP contribution is -1.97. The third-order valence-electron chi connectivity index (χ3n) is 4.12. The maximum atomic E-state index is 5.79. The van der Waals surface area contributed by atoms with Gasteiger partial charge in [-0.25, -0.2) is 4.98 Å². The van der Waals surface area contributed by atoms with Gasteiger partial charge in [0, 0.05) is 17.3 Å². The first-order chi connectivity index (χ1) is 14.1. The van der Waals surface area contributed by atoms with Crippen LogP contribution < -0.4 is 15.8 Å². The second-order valence-electron chi connectivity index (χ2n) is 6.21. The molecule has 8 nitrogen and oxygen atoms in total. The number of anilines is 3. The van der Waals surface area contributed by atoms with E-state index in [2.05, 4.69) is 30.5 Å². The lowest BCUT2D eigenvalue weighted by Gasteiger charge is -2.07. The number of hydrogen-bond donors (Lipinski definition) is 3. The molecule has 2 heterocycles. The first kappa shape index (κ1) is 18.8. The van der Waals surface area contributed by atoms with Gasteiger partial charge in [0.15, 0.2) is 11.0 Å². The molecule has 0 unspecified atom stereocenters. The third kappa shape index (κ3) is 4.46. The number of thioether (sulfide) groups is 1. The minimum absolute atomic E-state index is 0.367. The smallest absolute Gasteiger partial charge is 0.226 e. The van der Waals surface area contributed by atoms with Gasteiger partial charge in [0.2, 0.25) is 11.8 Å². The van der Waals surface area contributed by atoms with Crippen LogP contribution in [0.25, 0.3) is 11.4 Å². The number of aromatic nitrogens is 5. The Hall–Kier alpha value is -3.59.